The Balaban J connectivity index is 2.49. The molecule has 0 saturated heterocycles. The van der Waals surface area contributed by atoms with Crippen LogP contribution in [0.2, 0.25) is 0 Å². The van der Waals surface area contributed by atoms with Crippen LogP contribution >= 0.6 is 0 Å². The molecule has 0 bridgehead atoms. The Hall–Kier alpha value is -1.31. The molecule has 0 amide bonds. The van der Waals surface area contributed by atoms with Crippen molar-refractivity contribution < 1.29 is 9.53 Å². The molecule has 0 aliphatic rings. The number of carbonyl (C=O) groups excluding carboxylic acids is 1. The molecule has 1 aromatic rings. The van der Waals surface area contributed by atoms with E-state index in [1.165, 1.54) is 0 Å². The maximum atomic E-state index is 11.9. The average molecular weight is 234 g/mol. The van der Waals surface area contributed by atoms with Gasteiger partial charge in [-0.3, -0.25) is 4.79 Å². The monoisotopic (exact) mass is 234 g/mol. The molecule has 17 heavy (non-hydrogen) atoms. The van der Waals surface area contributed by atoms with Crippen molar-refractivity contribution in [2.45, 2.75) is 39.5 Å². The van der Waals surface area contributed by atoms with E-state index in [1.54, 1.807) is 7.11 Å². The first-order chi connectivity index (χ1) is 8.19. The number of ketones is 1. The van der Waals surface area contributed by atoms with E-state index in [4.69, 9.17) is 4.74 Å². The fourth-order valence-corrected chi connectivity index (χ4v) is 1.94. The van der Waals surface area contributed by atoms with Crippen molar-refractivity contribution in [1.29, 1.82) is 0 Å². The summed E-state index contributed by atoms with van der Waals surface area (Å²) in [4.78, 5) is 11.9. The van der Waals surface area contributed by atoms with E-state index in [2.05, 4.69) is 13.8 Å². The van der Waals surface area contributed by atoms with Crippen molar-refractivity contribution in [3.05, 3.63) is 29.8 Å². The minimum absolute atomic E-state index is 0.337. The summed E-state index contributed by atoms with van der Waals surface area (Å²) < 4.78 is 5.09. The molecule has 0 saturated carbocycles. The second-order valence-corrected chi connectivity index (χ2v) is 4.45. The van der Waals surface area contributed by atoms with Crippen LogP contribution in [0.25, 0.3) is 0 Å². The molecule has 2 nitrogen and oxygen atoms in total. The van der Waals surface area contributed by atoms with Gasteiger partial charge in [0.05, 0.1) is 7.11 Å². The van der Waals surface area contributed by atoms with Crippen LogP contribution in [0.4, 0.5) is 0 Å². The first-order valence-electron chi connectivity index (χ1n) is 6.34. The Kier molecular flexibility index (Phi) is 5.75. The molecule has 0 spiro atoms. The van der Waals surface area contributed by atoms with Crippen LogP contribution in [-0.2, 0) is 11.2 Å². The standard InChI is InChI=1S/C15H22O2/c1-4-12(5-2)10-14(16)11-13-6-8-15(17-3)9-7-13/h6-9,12H,4-5,10-11H2,1-3H3. The van der Waals surface area contributed by atoms with Gasteiger partial charge in [0.25, 0.3) is 0 Å². The third kappa shape index (κ3) is 4.59. The summed E-state index contributed by atoms with van der Waals surface area (Å²) in [7, 11) is 1.65. The van der Waals surface area contributed by atoms with E-state index in [-0.39, 0.29) is 0 Å². The number of hydrogen-bond donors (Lipinski definition) is 0. The molecule has 1 rings (SSSR count). The first kappa shape index (κ1) is 13.8. The average Bonchev–Trinajstić information content (AvgIpc) is 2.37. The van der Waals surface area contributed by atoms with Crippen LogP contribution in [0.3, 0.4) is 0 Å². The molecule has 2 heteroatoms. The topological polar surface area (TPSA) is 26.3 Å². The quantitative estimate of drug-likeness (QED) is 0.720. The van der Waals surface area contributed by atoms with Crippen molar-refractivity contribution in [2.24, 2.45) is 5.92 Å². The maximum Gasteiger partial charge on any atom is 0.137 e. The van der Waals surface area contributed by atoms with Crippen molar-refractivity contribution in [3.8, 4) is 5.75 Å². The summed E-state index contributed by atoms with van der Waals surface area (Å²) in [5, 5.41) is 0. The fraction of sp³-hybridized carbons (Fsp3) is 0.533. The molecule has 1 aromatic carbocycles. The number of carbonyl (C=O) groups is 1. The van der Waals surface area contributed by atoms with Gasteiger partial charge >= 0.3 is 0 Å². The van der Waals surface area contributed by atoms with E-state index in [9.17, 15) is 4.79 Å². The van der Waals surface area contributed by atoms with E-state index < -0.39 is 0 Å². The van der Waals surface area contributed by atoms with Gasteiger partial charge in [-0.05, 0) is 23.6 Å². The maximum absolute atomic E-state index is 11.9. The highest BCUT2D eigenvalue weighted by molar-refractivity contribution is 5.81. The zero-order valence-corrected chi connectivity index (χ0v) is 11.0. The van der Waals surface area contributed by atoms with Gasteiger partial charge in [0.2, 0.25) is 0 Å². The first-order valence-corrected chi connectivity index (χ1v) is 6.34. The number of Topliss-reactive ketones (excluding diaryl/α,β-unsaturated/α-hetero) is 1. The van der Waals surface area contributed by atoms with Crippen molar-refractivity contribution in [1.82, 2.24) is 0 Å². The summed E-state index contributed by atoms with van der Waals surface area (Å²) in [6.45, 7) is 4.30. The Labute approximate surface area is 104 Å². The van der Waals surface area contributed by atoms with Gasteiger partial charge in [-0.2, -0.15) is 0 Å². The number of rotatable bonds is 7. The normalized spacial score (nSPS) is 10.6. The highest BCUT2D eigenvalue weighted by Gasteiger charge is 2.10. The molecular formula is C15H22O2. The van der Waals surface area contributed by atoms with E-state index in [1.807, 2.05) is 24.3 Å². The second-order valence-electron chi connectivity index (χ2n) is 4.45. The Bertz CT molecular complexity index is 336. The van der Waals surface area contributed by atoms with Crippen LogP contribution in [-0.4, -0.2) is 12.9 Å². The Morgan fingerprint density at radius 2 is 1.76 bits per heavy atom. The highest BCUT2D eigenvalue weighted by atomic mass is 16.5. The number of hydrogen-bond acceptors (Lipinski definition) is 2. The predicted molar refractivity (Wildman–Crippen MR) is 70.4 cm³/mol. The minimum Gasteiger partial charge on any atom is -0.497 e. The van der Waals surface area contributed by atoms with Crippen LogP contribution in [0.15, 0.2) is 24.3 Å². The molecule has 0 atom stereocenters. The summed E-state index contributed by atoms with van der Waals surface area (Å²) in [6, 6.07) is 7.73. The molecule has 0 heterocycles. The number of benzene rings is 1. The summed E-state index contributed by atoms with van der Waals surface area (Å²) in [5.74, 6) is 1.71. The van der Waals surface area contributed by atoms with Crippen LogP contribution in [0, 0.1) is 5.92 Å². The van der Waals surface area contributed by atoms with E-state index in [0.717, 1.165) is 24.2 Å². The van der Waals surface area contributed by atoms with Gasteiger partial charge in [-0.25, -0.2) is 0 Å². The van der Waals surface area contributed by atoms with Gasteiger partial charge in [-0.15, -0.1) is 0 Å². The van der Waals surface area contributed by atoms with E-state index >= 15 is 0 Å². The van der Waals surface area contributed by atoms with Crippen LogP contribution in [0.1, 0.15) is 38.7 Å². The zero-order chi connectivity index (χ0) is 12.7. The van der Waals surface area contributed by atoms with Crippen LogP contribution in [0.5, 0.6) is 5.75 Å². The van der Waals surface area contributed by atoms with Gasteiger partial charge in [0, 0.05) is 12.8 Å². The SMILES string of the molecule is CCC(CC)CC(=O)Cc1ccc(OC)cc1. The molecular weight excluding hydrogens is 212 g/mol. The third-order valence-corrected chi connectivity index (χ3v) is 3.23. The lowest BCUT2D eigenvalue weighted by Crippen LogP contribution is -2.09. The van der Waals surface area contributed by atoms with Crippen LogP contribution < -0.4 is 4.74 Å². The van der Waals surface area contributed by atoms with Crippen molar-refractivity contribution in [3.63, 3.8) is 0 Å². The highest BCUT2D eigenvalue weighted by Crippen LogP contribution is 2.16. The van der Waals surface area contributed by atoms with Gasteiger partial charge in [0.15, 0.2) is 0 Å². The zero-order valence-electron chi connectivity index (χ0n) is 11.0. The summed E-state index contributed by atoms with van der Waals surface area (Å²) in [5.41, 5.74) is 1.07. The molecule has 0 aliphatic heterocycles. The largest absolute Gasteiger partial charge is 0.497 e. The fourth-order valence-electron chi connectivity index (χ4n) is 1.94. The molecule has 94 valence electrons. The molecule has 0 radical (unpaired) electrons. The van der Waals surface area contributed by atoms with E-state index in [0.29, 0.717) is 24.5 Å². The molecule has 0 N–H and O–H groups in total. The smallest absolute Gasteiger partial charge is 0.137 e. The number of ether oxygens (including phenoxy) is 1. The Morgan fingerprint density at radius 1 is 1.18 bits per heavy atom. The lowest BCUT2D eigenvalue weighted by molar-refractivity contribution is -0.119. The van der Waals surface area contributed by atoms with Gasteiger partial charge in [0.1, 0.15) is 11.5 Å². The summed E-state index contributed by atoms with van der Waals surface area (Å²) in [6.07, 6.45) is 3.43. The predicted octanol–water partition coefficient (Wildman–Crippen LogP) is 3.63. The lowest BCUT2D eigenvalue weighted by atomic mass is 9.94. The molecule has 0 unspecified atom stereocenters. The number of methoxy groups -OCH3 is 1. The molecule has 0 fully saturated rings. The van der Waals surface area contributed by atoms with Crippen molar-refractivity contribution >= 4 is 5.78 Å². The van der Waals surface area contributed by atoms with Gasteiger partial charge in [-0.1, -0.05) is 38.8 Å². The van der Waals surface area contributed by atoms with Crippen molar-refractivity contribution in [2.75, 3.05) is 7.11 Å². The third-order valence-electron chi connectivity index (χ3n) is 3.23. The molecule has 0 aliphatic carbocycles. The summed E-state index contributed by atoms with van der Waals surface area (Å²) >= 11 is 0. The second kappa shape index (κ2) is 7.10. The lowest BCUT2D eigenvalue weighted by Gasteiger charge is -2.10. The Morgan fingerprint density at radius 3 is 2.24 bits per heavy atom. The van der Waals surface area contributed by atoms with Gasteiger partial charge < -0.3 is 4.74 Å². The molecule has 0 aromatic heterocycles. The minimum atomic E-state index is 0.337.